The highest BCUT2D eigenvalue weighted by Crippen LogP contribution is 2.27. The van der Waals surface area contributed by atoms with Crippen molar-refractivity contribution in [1.82, 2.24) is 0 Å². The average molecular weight is 305 g/mol. The Labute approximate surface area is 121 Å². The molecule has 0 saturated carbocycles. The predicted molar refractivity (Wildman–Crippen MR) is 72.3 cm³/mol. The number of hydrogen-bond acceptors (Lipinski definition) is 4. The predicted octanol–water partition coefficient (Wildman–Crippen LogP) is 3.38. The SMILES string of the molecule is COc1ccc(N[C@H](C(=O)OC(C)(C)C)C(F)(F)F)cc1. The minimum Gasteiger partial charge on any atom is -0.497 e. The lowest BCUT2D eigenvalue weighted by atomic mass is 10.2. The van der Waals surface area contributed by atoms with Crippen LogP contribution in [0.2, 0.25) is 0 Å². The van der Waals surface area contributed by atoms with Gasteiger partial charge in [-0.15, -0.1) is 0 Å². The minimum atomic E-state index is -4.76. The van der Waals surface area contributed by atoms with Crippen LogP contribution in [0.15, 0.2) is 24.3 Å². The summed E-state index contributed by atoms with van der Waals surface area (Å²) < 4.78 is 48.7. The minimum absolute atomic E-state index is 0.143. The van der Waals surface area contributed by atoms with E-state index >= 15 is 0 Å². The number of rotatable bonds is 4. The second-order valence-electron chi connectivity index (χ2n) is 5.38. The van der Waals surface area contributed by atoms with Gasteiger partial charge >= 0.3 is 12.1 Å². The van der Waals surface area contributed by atoms with Gasteiger partial charge in [-0.2, -0.15) is 13.2 Å². The van der Waals surface area contributed by atoms with Gasteiger partial charge in [0.05, 0.1) is 7.11 Å². The topological polar surface area (TPSA) is 47.6 Å². The molecule has 0 heterocycles. The molecule has 1 aromatic carbocycles. The Hall–Kier alpha value is -1.92. The van der Waals surface area contributed by atoms with Crippen molar-refractivity contribution in [2.45, 2.75) is 38.6 Å². The zero-order valence-corrected chi connectivity index (χ0v) is 12.2. The Bertz CT molecular complexity index is 478. The van der Waals surface area contributed by atoms with E-state index in [0.717, 1.165) is 0 Å². The van der Waals surface area contributed by atoms with Gasteiger partial charge in [-0.25, -0.2) is 4.79 Å². The molecule has 1 N–H and O–H groups in total. The third kappa shape index (κ3) is 5.53. The molecule has 0 spiro atoms. The van der Waals surface area contributed by atoms with Crippen LogP contribution in [0, 0.1) is 0 Å². The van der Waals surface area contributed by atoms with Gasteiger partial charge in [0.2, 0.25) is 6.04 Å². The molecule has 1 atom stereocenters. The quantitative estimate of drug-likeness (QED) is 0.866. The van der Waals surface area contributed by atoms with E-state index in [4.69, 9.17) is 9.47 Å². The molecule has 1 rings (SSSR count). The van der Waals surface area contributed by atoms with Crippen LogP contribution in [-0.2, 0) is 9.53 Å². The Morgan fingerprint density at radius 3 is 2.05 bits per heavy atom. The summed E-state index contributed by atoms with van der Waals surface area (Å²) in [7, 11) is 1.45. The molecule has 1 aromatic rings. The van der Waals surface area contributed by atoms with E-state index in [1.54, 1.807) is 0 Å². The Morgan fingerprint density at radius 2 is 1.67 bits per heavy atom. The number of alkyl halides is 3. The first kappa shape index (κ1) is 17.1. The number of benzene rings is 1. The first-order valence-electron chi connectivity index (χ1n) is 6.23. The Balaban J connectivity index is 2.90. The molecule has 0 aliphatic rings. The molecule has 0 amide bonds. The molecule has 0 unspecified atom stereocenters. The zero-order valence-electron chi connectivity index (χ0n) is 12.2. The summed E-state index contributed by atoms with van der Waals surface area (Å²) in [4.78, 5) is 11.7. The van der Waals surface area contributed by atoms with Gasteiger partial charge in [-0.1, -0.05) is 0 Å². The number of ether oxygens (including phenoxy) is 2. The number of esters is 1. The average Bonchev–Trinajstić information content (AvgIpc) is 2.33. The van der Waals surface area contributed by atoms with Crippen molar-refractivity contribution >= 4 is 11.7 Å². The standard InChI is InChI=1S/C14H18F3NO3/c1-13(2,3)21-12(19)11(14(15,16)17)18-9-5-7-10(20-4)8-6-9/h5-8,11,18H,1-4H3/t11-/m1/s1. The highest BCUT2D eigenvalue weighted by atomic mass is 19.4. The van der Waals surface area contributed by atoms with Crippen LogP contribution in [-0.4, -0.2) is 30.9 Å². The highest BCUT2D eigenvalue weighted by Gasteiger charge is 2.47. The molecule has 7 heteroatoms. The normalized spacial score (nSPS) is 13.5. The lowest BCUT2D eigenvalue weighted by Gasteiger charge is -2.26. The molecular formula is C14H18F3NO3. The third-order valence-corrected chi connectivity index (χ3v) is 2.37. The Kier molecular flexibility index (Phi) is 5.09. The van der Waals surface area contributed by atoms with Crippen molar-refractivity contribution in [1.29, 1.82) is 0 Å². The van der Waals surface area contributed by atoms with E-state index in [2.05, 4.69) is 5.32 Å². The van der Waals surface area contributed by atoms with Crippen LogP contribution < -0.4 is 10.1 Å². The van der Waals surface area contributed by atoms with Crippen LogP contribution in [0.4, 0.5) is 18.9 Å². The van der Waals surface area contributed by atoms with Crippen LogP contribution in [0.25, 0.3) is 0 Å². The monoisotopic (exact) mass is 305 g/mol. The fourth-order valence-electron chi connectivity index (χ4n) is 1.49. The summed E-state index contributed by atoms with van der Waals surface area (Å²) in [6, 6.07) is 3.34. The van der Waals surface area contributed by atoms with Crippen molar-refractivity contribution < 1.29 is 27.4 Å². The van der Waals surface area contributed by atoms with Gasteiger partial charge in [0, 0.05) is 5.69 Å². The molecule has 4 nitrogen and oxygen atoms in total. The largest absolute Gasteiger partial charge is 0.497 e. The van der Waals surface area contributed by atoms with Crippen LogP contribution in [0.3, 0.4) is 0 Å². The first-order chi connectivity index (χ1) is 9.53. The molecule has 21 heavy (non-hydrogen) atoms. The fraction of sp³-hybridized carbons (Fsp3) is 0.500. The maximum Gasteiger partial charge on any atom is 0.419 e. The first-order valence-corrected chi connectivity index (χ1v) is 6.23. The van der Waals surface area contributed by atoms with Gasteiger partial charge in [0.15, 0.2) is 0 Å². The summed E-state index contributed by atoms with van der Waals surface area (Å²) in [5.74, 6) is -0.868. The summed E-state index contributed by atoms with van der Waals surface area (Å²) >= 11 is 0. The maximum absolute atomic E-state index is 13.0. The highest BCUT2D eigenvalue weighted by molar-refractivity contribution is 5.80. The van der Waals surface area contributed by atoms with E-state index in [1.807, 2.05) is 0 Å². The second-order valence-corrected chi connectivity index (χ2v) is 5.38. The number of anilines is 1. The van der Waals surface area contributed by atoms with Crippen LogP contribution >= 0.6 is 0 Å². The maximum atomic E-state index is 13.0. The molecule has 0 aliphatic heterocycles. The van der Waals surface area contributed by atoms with Crippen molar-refractivity contribution in [2.75, 3.05) is 12.4 Å². The van der Waals surface area contributed by atoms with Crippen LogP contribution in [0.1, 0.15) is 20.8 Å². The zero-order chi connectivity index (χ0) is 16.3. The molecular weight excluding hydrogens is 287 g/mol. The van der Waals surface area contributed by atoms with Crippen molar-refractivity contribution in [3.05, 3.63) is 24.3 Å². The number of hydrogen-bond donors (Lipinski definition) is 1. The van der Waals surface area contributed by atoms with Crippen molar-refractivity contribution in [3.63, 3.8) is 0 Å². The van der Waals surface area contributed by atoms with E-state index in [0.29, 0.717) is 5.75 Å². The number of methoxy groups -OCH3 is 1. The molecule has 0 aromatic heterocycles. The smallest absolute Gasteiger partial charge is 0.419 e. The van der Waals surface area contributed by atoms with Gasteiger partial charge in [0.25, 0.3) is 0 Å². The summed E-state index contributed by atoms with van der Waals surface area (Å²) in [5, 5.41) is 2.14. The molecule has 118 valence electrons. The molecule has 0 bridgehead atoms. The van der Waals surface area contributed by atoms with Crippen LogP contribution in [0.5, 0.6) is 5.75 Å². The summed E-state index contributed by atoms with van der Waals surface area (Å²) in [5.41, 5.74) is -0.855. The molecule has 0 fully saturated rings. The number of nitrogens with one attached hydrogen (secondary N) is 1. The second kappa shape index (κ2) is 6.24. The summed E-state index contributed by atoms with van der Waals surface area (Å²) in [6.45, 7) is 4.52. The lowest BCUT2D eigenvalue weighted by molar-refractivity contribution is -0.184. The fourth-order valence-corrected chi connectivity index (χ4v) is 1.49. The van der Waals surface area contributed by atoms with E-state index in [9.17, 15) is 18.0 Å². The van der Waals surface area contributed by atoms with Crippen molar-refractivity contribution in [2.24, 2.45) is 0 Å². The van der Waals surface area contributed by atoms with E-state index < -0.39 is 23.8 Å². The molecule has 0 saturated heterocycles. The van der Waals surface area contributed by atoms with Gasteiger partial charge in [-0.3, -0.25) is 0 Å². The van der Waals surface area contributed by atoms with Gasteiger partial charge in [0.1, 0.15) is 11.4 Å². The Morgan fingerprint density at radius 1 is 1.14 bits per heavy atom. The van der Waals surface area contributed by atoms with Crippen molar-refractivity contribution in [3.8, 4) is 5.75 Å². The summed E-state index contributed by atoms with van der Waals surface area (Å²) in [6.07, 6.45) is -4.76. The van der Waals surface area contributed by atoms with Gasteiger partial charge < -0.3 is 14.8 Å². The molecule has 0 radical (unpaired) electrons. The number of carbonyl (C=O) groups excluding carboxylic acids is 1. The number of carbonyl (C=O) groups is 1. The van der Waals surface area contributed by atoms with E-state index in [1.165, 1.54) is 52.1 Å². The molecule has 0 aliphatic carbocycles. The lowest BCUT2D eigenvalue weighted by Crippen LogP contribution is -2.46. The third-order valence-electron chi connectivity index (χ3n) is 2.37. The van der Waals surface area contributed by atoms with E-state index in [-0.39, 0.29) is 5.69 Å². The van der Waals surface area contributed by atoms with Gasteiger partial charge in [-0.05, 0) is 45.0 Å². The number of halogens is 3.